The topological polar surface area (TPSA) is 42.6 Å². The van der Waals surface area contributed by atoms with Gasteiger partial charge in [0.05, 0.1) is 17.3 Å². The van der Waals surface area contributed by atoms with Gasteiger partial charge >= 0.3 is 6.18 Å². The van der Waals surface area contributed by atoms with Crippen LogP contribution in [0.5, 0.6) is 0 Å². The maximum absolute atomic E-state index is 13.6. The predicted octanol–water partition coefficient (Wildman–Crippen LogP) is 3.98. The van der Waals surface area contributed by atoms with Crippen LogP contribution in [0.2, 0.25) is 0 Å². The Kier molecular flexibility index (Phi) is 3.88. The van der Waals surface area contributed by atoms with Crippen LogP contribution in [0.1, 0.15) is 30.9 Å². The molecule has 7 heteroatoms. The van der Waals surface area contributed by atoms with E-state index in [-0.39, 0.29) is 12.5 Å². The molecule has 0 radical (unpaired) electrons. The van der Waals surface area contributed by atoms with Crippen LogP contribution < -0.4 is 0 Å². The predicted molar refractivity (Wildman–Crippen MR) is 90.6 cm³/mol. The summed E-state index contributed by atoms with van der Waals surface area (Å²) in [6.45, 7) is 1.98. The average molecular weight is 358 g/mol. The summed E-state index contributed by atoms with van der Waals surface area (Å²) in [4.78, 5) is 4.54. The van der Waals surface area contributed by atoms with Crippen LogP contribution >= 0.6 is 0 Å². The Balaban J connectivity index is 1.65. The van der Waals surface area contributed by atoms with Crippen LogP contribution in [0.3, 0.4) is 0 Å². The molecule has 2 heterocycles. The zero-order valence-corrected chi connectivity index (χ0v) is 14.2. The molecule has 0 aromatic heterocycles. The molecule has 4 nitrogen and oxygen atoms in total. The van der Waals surface area contributed by atoms with E-state index in [4.69, 9.17) is 5.26 Å². The van der Waals surface area contributed by atoms with Crippen LogP contribution in [-0.4, -0.2) is 34.5 Å². The largest absolute Gasteiger partial charge is 0.406 e. The lowest BCUT2D eigenvalue weighted by molar-refractivity contribution is -0.212. The molecule has 1 aromatic rings. The number of hydrogen-bond acceptors (Lipinski definition) is 4. The minimum absolute atomic E-state index is 0.191. The zero-order chi connectivity index (χ0) is 18.5. The molecule has 1 aliphatic carbocycles. The summed E-state index contributed by atoms with van der Waals surface area (Å²) < 4.78 is 40.8. The standard InChI is InChI=1S/C19H17F3N4/c1-12-9-16(15-4-2-3-13(10-15)11-23)24-17-7-8-25(26(12)17)18(14-5-6-14)19(20,21)22/h2-4,7,9-10,14,18H,5-6,8H2,1H3. The second-order valence-electron chi connectivity index (χ2n) is 6.80. The summed E-state index contributed by atoms with van der Waals surface area (Å²) in [5.41, 5.74) is 2.64. The summed E-state index contributed by atoms with van der Waals surface area (Å²) in [7, 11) is 0. The SMILES string of the molecule is CC1=CC(c2cccc(C#N)c2)=NC2=CCN(C(C3CC3)C(F)(F)F)N12. The molecule has 1 atom stereocenters. The number of nitrogens with zero attached hydrogens (tertiary/aromatic N) is 4. The van der Waals surface area contributed by atoms with Gasteiger partial charge in [0.2, 0.25) is 0 Å². The van der Waals surface area contributed by atoms with E-state index >= 15 is 0 Å². The van der Waals surface area contributed by atoms with Crippen LogP contribution in [-0.2, 0) is 0 Å². The Morgan fingerprint density at radius 3 is 2.73 bits per heavy atom. The van der Waals surface area contributed by atoms with E-state index in [1.807, 2.05) is 6.07 Å². The molecule has 2 aliphatic heterocycles. The van der Waals surface area contributed by atoms with Gasteiger partial charge in [-0.05, 0) is 50.0 Å². The van der Waals surface area contributed by atoms with Gasteiger partial charge < -0.3 is 0 Å². The number of hydrogen-bond donors (Lipinski definition) is 0. The molecule has 1 saturated carbocycles. The fourth-order valence-electron chi connectivity index (χ4n) is 3.59. The van der Waals surface area contributed by atoms with Crippen LogP contribution in [0.25, 0.3) is 0 Å². The van der Waals surface area contributed by atoms with Crippen molar-refractivity contribution in [2.24, 2.45) is 10.9 Å². The van der Waals surface area contributed by atoms with Crippen molar-refractivity contribution >= 4 is 5.71 Å². The van der Waals surface area contributed by atoms with Gasteiger partial charge in [0, 0.05) is 17.8 Å². The number of benzene rings is 1. The van der Waals surface area contributed by atoms with E-state index in [0.717, 1.165) is 5.56 Å². The first-order valence-electron chi connectivity index (χ1n) is 8.49. The third kappa shape index (κ3) is 2.90. The van der Waals surface area contributed by atoms with Gasteiger partial charge in [-0.25, -0.2) is 4.99 Å². The molecule has 4 rings (SSSR count). The molecule has 3 aliphatic rings. The highest BCUT2D eigenvalue weighted by molar-refractivity contribution is 6.10. The van der Waals surface area contributed by atoms with Gasteiger partial charge in [0.25, 0.3) is 0 Å². The van der Waals surface area contributed by atoms with Crippen LogP contribution in [0, 0.1) is 17.2 Å². The number of allylic oxidation sites excluding steroid dienone is 2. The molecule has 1 aromatic carbocycles. The Hall–Kier alpha value is -2.59. The maximum atomic E-state index is 13.6. The number of fused-ring (bicyclic) bond motifs is 1. The monoisotopic (exact) mass is 358 g/mol. The highest BCUT2D eigenvalue weighted by Gasteiger charge is 2.54. The first-order valence-corrected chi connectivity index (χ1v) is 8.49. The fraction of sp³-hybridized carbons (Fsp3) is 0.368. The van der Waals surface area contributed by atoms with E-state index in [1.54, 1.807) is 42.3 Å². The Bertz CT molecular complexity index is 872. The molecular weight excluding hydrogens is 341 g/mol. The highest BCUT2D eigenvalue weighted by atomic mass is 19.4. The van der Waals surface area contributed by atoms with E-state index in [1.165, 1.54) is 5.01 Å². The van der Waals surface area contributed by atoms with Gasteiger partial charge in [-0.2, -0.15) is 23.4 Å². The Morgan fingerprint density at radius 1 is 1.31 bits per heavy atom. The molecule has 26 heavy (non-hydrogen) atoms. The van der Waals surface area contributed by atoms with Crippen molar-refractivity contribution in [3.63, 3.8) is 0 Å². The number of aliphatic imine (C=N–C) groups is 1. The molecule has 1 unspecified atom stereocenters. The minimum atomic E-state index is -4.27. The van der Waals surface area contributed by atoms with E-state index in [0.29, 0.717) is 35.6 Å². The van der Waals surface area contributed by atoms with Crippen molar-refractivity contribution in [1.29, 1.82) is 5.26 Å². The van der Waals surface area contributed by atoms with Crippen molar-refractivity contribution < 1.29 is 13.2 Å². The molecule has 0 amide bonds. The van der Waals surface area contributed by atoms with Crippen molar-refractivity contribution in [2.75, 3.05) is 6.54 Å². The number of hydrazine groups is 1. The quantitative estimate of drug-likeness (QED) is 0.821. The highest BCUT2D eigenvalue weighted by Crippen LogP contribution is 2.46. The second kappa shape index (κ2) is 5.99. The summed E-state index contributed by atoms with van der Waals surface area (Å²) in [5.74, 6) is 0.172. The lowest BCUT2D eigenvalue weighted by Crippen LogP contribution is -2.52. The number of alkyl halides is 3. The van der Waals surface area contributed by atoms with Gasteiger partial charge in [-0.15, -0.1) is 0 Å². The molecule has 0 bridgehead atoms. The first-order chi connectivity index (χ1) is 12.4. The van der Waals surface area contributed by atoms with Gasteiger partial charge in [-0.3, -0.25) is 5.01 Å². The molecule has 0 saturated heterocycles. The van der Waals surface area contributed by atoms with Gasteiger partial charge in [0.1, 0.15) is 11.9 Å². The maximum Gasteiger partial charge on any atom is 0.406 e. The van der Waals surface area contributed by atoms with Crippen LogP contribution in [0.15, 0.2) is 52.9 Å². The Morgan fingerprint density at radius 2 is 2.08 bits per heavy atom. The normalized spacial score (nSPS) is 21.5. The molecule has 0 spiro atoms. The zero-order valence-electron chi connectivity index (χ0n) is 14.2. The van der Waals surface area contributed by atoms with Gasteiger partial charge in [-0.1, -0.05) is 12.1 Å². The number of nitriles is 1. The minimum Gasteiger partial charge on any atom is -0.261 e. The van der Waals surface area contributed by atoms with Crippen molar-refractivity contribution in [3.05, 3.63) is 59.1 Å². The third-order valence-electron chi connectivity index (χ3n) is 4.86. The van der Waals surface area contributed by atoms with Crippen LogP contribution in [0.4, 0.5) is 13.2 Å². The fourth-order valence-corrected chi connectivity index (χ4v) is 3.59. The molecule has 1 fully saturated rings. The summed E-state index contributed by atoms with van der Waals surface area (Å²) in [6, 6.07) is 7.66. The second-order valence-corrected chi connectivity index (χ2v) is 6.80. The molecular formula is C19H17F3N4. The summed E-state index contributed by atoms with van der Waals surface area (Å²) in [6.07, 6.45) is 0.457. The van der Waals surface area contributed by atoms with Crippen molar-refractivity contribution in [3.8, 4) is 6.07 Å². The summed E-state index contributed by atoms with van der Waals surface area (Å²) >= 11 is 0. The number of halogens is 3. The smallest absolute Gasteiger partial charge is 0.261 e. The third-order valence-corrected chi connectivity index (χ3v) is 4.86. The lowest BCUT2D eigenvalue weighted by atomic mass is 10.1. The Labute approximate surface area is 149 Å². The van der Waals surface area contributed by atoms with E-state index in [9.17, 15) is 13.2 Å². The lowest BCUT2D eigenvalue weighted by Gasteiger charge is -2.39. The van der Waals surface area contributed by atoms with Crippen molar-refractivity contribution in [1.82, 2.24) is 10.0 Å². The molecule has 0 N–H and O–H groups in total. The van der Waals surface area contributed by atoms with Gasteiger partial charge in [0.15, 0.2) is 0 Å². The van der Waals surface area contributed by atoms with E-state index < -0.39 is 12.2 Å². The molecule has 134 valence electrons. The van der Waals surface area contributed by atoms with Crippen molar-refractivity contribution in [2.45, 2.75) is 32.0 Å². The van der Waals surface area contributed by atoms with E-state index in [2.05, 4.69) is 11.1 Å². The summed E-state index contributed by atoms with van der Waals surface area (Å²) in [5, 5.41) is 12.0. The average Bonchev–Trinajstić information content (AvgIpc) is 3.33. The first kappa shape index (κ1) is 16.9. The number of rotatable bonds is 3.